The zero-order valence-electron chi connectivity index (χ0n) is 13.6. The minimum Gasteiger partial charge on any atom is -0.306 e. The summed E-state index contributed by atoms with van der Waals surface area (Å²) in [5.74, 6) is 0. The summed E-state index contributed by atoms with van der Waals surface area (Å²) in [6.45, 7) is 7.53. The molecule has 0 saturated carbocycles. The van der Waals surface area contributed by atoms with Crippen LogP contribution in [0.3, 0.4) is 0 Å². The fourth-order valence-corrected chi connectivity index (χ4v) is 3.12. The summed E-state index contributed by atoms with van der Waals surface area (Å²) >= 11 is 0. The number of fused-ring (bicyclic) bond motifs is 1. The largest absolute Gasteiger partial charge is 0.306 e. The van der Waals surface area contributed by atoms with E-state index in [9.17, 15) is 0 Å². The monoisotopic (exact) mass is 289 g/mol. The third kappa shape index (κ3) is 2.90. The number of hydrogen-bond donors (Lipinski definition) is 1. The maximum absolute atomic E-state index is 3.69. The van der Waals surface area contributed by atoms with Gasteiger partial charge in [-0.1, -0.05) is 60.7 Å². The van der Waals surface area contributed by atoms with Gasteiger partial charge in [0.1, 0.15) is 0 Å². The van der Waals surface area contributed by atoms with Gasteiger partial charge in [-0.05, 0) is 53.8 Å². The molecule has 112 valence electrons. The Labute approximate surface area is 133 Å². The predicted octanol–water partition coefficient (Wildman–Crippen LogP) is 5.31. The molecule has 3 aromatic carbocycles. The van der Waals surface area contributed by atoms with Crippen molar-refractivity contribution < 1.29 is 0 Å². The quantitative estimate of drug-likeness (QED) is 0.686. The topological polar surface area (TPSA) is 12.0 Å². The molecule has 0 saturated heterocycles. The second kappa shape index (κ2) is 6.33. The highest BCUT2D eigenvalue weighted by molar-refractivity contribution is 5.86. The van der Waals surface area contributed by atoms with Crippen LogP contribution in [0.1, 0.15) is 35.2 Å². The van der Waals surface area contributed by atoms with E-state index >= 15 is 0 Å². The van der Waals surface area contributed by atoms with Crippen LogP contribution in [0.15, 0.2) is 60.7 Å². The van der Waals surface area contributed by atoms with Crippen molar-refractivity contribution in [1.29, 1.82) is 0 Å². The van der Waals surface area contributed by atoms with E-state index in [4.69, 9.17) is 0 Å². The molecule has 0 aliphatic heterocycles. The van der Waals surface area contributed by atoms with E-state index in [-0.39, 0.29) is 0 Å². The zero-order chi connectivity index (χ0) is 15.5. The van der Waals surface area contributed by atoms with Gasteiger partial charge in [0.15, 0.2) is 0 Å². The molecule has 0 fully saturated rings. The second-order valence-electron chi connectivity index (χ2n) is 6.04. The van der Waals surface area contributed by atoms with Crippen molar-refractivity contribution in [1.82, 2.24) is 5.32 Å². The molecule has 1 N–H and O–H groups in total. The fraction of sp³-hybridized carbons (Fsp3) is 0.238. The van der Waals surface area contributed by atoms with Crippen molar-refractivity contribution in [3.8, 4) is 0 Å². The van der Waals surface area contributed by atoms with E-state index in [1.54, 1.807) is 0 Å². The molecule has 1 nitrogen and oxygen atoms in total. The van der Waals surface area contributed by atoms with Crippen LogP contribution < -0.4 is 5.32 Å². The minimum absolute atomic E-state index is 0.324. The first kappa shape index (κ1) is 14.8. The lowest BCUT2D eigenvalue weighted by Crippen LogP contribution is -2.19. The van der Waals surface area contributed by atoms with E-state index in [1.165, 1.54) is 33.0 Å². The molecule has 22 heavy (non-hydrogen) atoms. The highest BCUT2D eigenvalue weighted by Gasteiger charge is 2.10. The molecule has 1 atom stereocenters. The first-order valence-corrected chi connectivity index (χ1v) is 7.93. The van der Waals surface area contributed by atoms with Crippen LogP contribution in [-0.4, -0.2) is 0 Å². The van der Waals surface area contributed by atoms with Crippen molar-refractivity contribution in [2.45, 2.75) is 33.4 Å². The first-order valence-electron chi connectivity index (χ1n) is 7.93. The summed E-state index contributed by atoms with van der Waals surface area (Å²) in [7, 11) is 0. The molecule has 0 spiro atoms. The van der Waals surface area contributed by atoms with Crippen molar-refractivity contribution in [2.75, 3.05) is 0 Å². The van der Waals surface area contributed by atoms with Gasteiger partial charge in [-0.25, -0.2) is 0 Å². The average Bonchev–Trinajstić information content (AvgIpc) is 2.53. The number of benzene rings is 3. The SMILES string of the molecule is Cc1cccc(C)c1CNC(C)c1cccc2ccccc12. The standard InChI is InChI=1S/C21H23N/c1-15-8-6-9-16(2)21(15)14-22-17(3)19-13-7-11-18-10-4-5-12-20(18)19/h4-13,17,22H,14H2,1-3H3. The first-order chi connectivity index (χ1) is 10.7. The van der Waals surface area contributed by atoms with E-state index in [2.05, 4.69) is 86.8 Å². The lowest BCUT2D eigenvalue weighted by molar-refractivity contribution is 0.575. The van der Waals surface area contributed by atoms with Gasteiger partial charge < -0.3 is 5.32 Å². The van der Waals surface area contributed by atoms with Crippen LogP contribution >= 0.6 is 0 Å². The van der Waals surface area contributed by atoms with Crippen LogP contribution in [-0.2, 0) is 6.54 Å². The molecule has 0 radical (unpaired) electrons. The van der Waals surface area contributed by atoms with Crippen molar-refractivity contribution in [3.05, 3.63) is 82.9 Å². The summed E-state index contributed by atoms with van der Waals surface area (Å²) in [5, 5.41) is 6.33. The number of rotatable bonds is 4. The average molecular weight is 289 g/mol. The lowest BCUT2D eigenvalue weighted by Gasteiger charge is -2.18. The van der Waals surface area contributed by atoms with Crippen molar-refractivity contribution >= 4 is 10.8 Å². The Balaban J connectivity index is 1.84. The van der Waals surface area contributed by atoms with E-state index in [0.717, 1.165) is 6.54 Å². The van der Waals surface area contributed by atoms with Crippen LogP contribution in [0.2, 0.25) is 0 Å². The van der Waals surface area contributed by atoms with Gasteiger partial charge in [0.25, 0.3) is 0 Å². The molecule has 1 heteroatoms. The second-order valence-corrected chi connectivity index (χ2v) is 6.04. The molecule has 0 aliphatic carbocycles. The Kier molecular flexibility index (Phi) is 4.26. The van der Waals surface area contributed by atoms with Gasteiger partial charge in [-0.2, -0.15) is 0 Å². The fourth-order valence-electron chi connectivity index (χ4n) is 3.12. The number of nitrogens with one attached hydrogen (secondary N) is 1. The van der Waals surface area contributed by atoms with Gasteiger partial charge >= 0.3 is 0 Å². The predicted molar refractivity (Wildman–Crippen MR) is 95.1 cm³/mol. The summed E-state index contributed by atoms with van der Waals surface area (Å²) in [5.41, 5.74) is 5.49. The van der Waals surface area contributed by atoms with Crippen LogP contribution in [0.25, 0.3) is 10.8 Å². The molecule has 0 aliphatic rings. The van der Waals surface area contributed by atoms with Crippen molar-refractivity contribution in [2.24, 2.45) is 0 Å². The van der Waals surface area contributed by atoms with Gasteiger partial charge in [0.2, 0.25) is 0 Å². The smallest absolute Gasteiger partial charge is 0.0301 e. The molecule has 1 unspecified atom stereocenters. The maximum atomic E-state index is 3.69. The zero-order valence-corrected chi connectivity index (χ0v) is 13.6. The molecular weight excluding hydrogens is 266 g/mol. The Hall–Kier alpha value is -2.12. The Morgan fingerprint density at radius 2 is 1.45 bits per heavy atom. The summed E-state index contributed by atoms with van der Waals surface area (Å²) in [6, 6.07) is 22.0. The minimum atomic E-state index is 0.324. The Bertz CT molecular complexity index is 763. The molecular formula is C21H23N. The Morgan fingerprint density at radius 1 is 0.818 bits per heavy atom. The van der Waals surface area contributed by atoms with Gasteiger partial charge in [0, 0.05) is 12.6 Å². The number of aryl methyl sites for hydroxylation is 2. The van der Waals surface area contributed by atoms with E-state index < -0.39 is 0 Å². The molecule has 3 aromatic rings. The molecule has 0 bridgehead atoms. The van der Waals surface area contributed by atoms with Crippen LogP contribution in [0, 0.1) is 13.8 Å². The van der Waals surface area contributed by atoms with E-state index in [0.29, 0.717) is 6.04 Å². The summed E-state index contributed by atoms with van der Waals surface area (Å²) < 4.78 is 0. The maximum Gasteiger partial charge on any atom is 0.0301 e. The summed E-state index contributed by atoms with van der Waals surface area (Å²) in [4.78, 5) is 0. The normalized spacial score (nSPS) is 12.5. The summed E-state index contributed by atoms with van der Waals surface area (Å²) in [6.07, 6.45) is 0. The van der Waals surface area contributed by atoms with Gasteiger partial charge in [-0.3, -0.25) is 0 Å². The highest BCUT2D eigenvalue weighted by Crippen LogP contribution is 2.24. The van der Waals surface area contributed by atoms with Crippen LogP contribution in [0.5, 0.6) is 0 Å². The molecule has 0 amide bonds. The number of hydrogen-bond acceptors (Lipinski definition) is 1. The highest BCUT2D eigenvalue weighted by atomic mass is 14.9. The van der Waals surface area contributed by atoms with Gasteiger partial charge in [0.05, 0.1) is 0 Å². The third-order valence-electron chi connectivity index (χ3n) is 4.52. The van der Waals surface area contributed by atoms with Gasteiger partial charge in [-0.15, -0.1) is 0 Å². The van der Waals surface area contributed by atoms with Crippen LogP contribution in [0.4, 0.5) is 0 Å². The molecule has 0 heterocycles. The third-order valence-corrected chi connectivity index (χ3v) is 4.52. The molecule has 0 aromatic heterocycles. The van der Waals surface area contributed by atoms with Crippen molar-refractivity contribution in [3.63, 3.8) is 0 Å². The Morgan fingerprint density at radius 3 is 2.23 bits per heavy atom. The molecule has 3 rings (SSSR count). The van der Waals surface area contributed by atoms with E-state index in [1.807, 2.05) is 0 Å². The lowest BCUT2D eigenvalue weighted by atomic mass is 9.98.